The molecule has 0 fully saturated rings. The van der Waals surface area contributed by atoms with E-state index in [2.05, 4.69) is 19.1 Å². The summed E-state index contributed by atoms with van der Waals surface area (Å²) >= 11 is 0. The standard InChI is InChI=1S/C24H48NO3/c1-3-5-6-7-8-9-10-11-12-13-14-15-16-17-18-19-20-21-22-23-24(26)25(27,28)4-2/h11-12,27-28H,3-10,13-23H2,1-2H3/q+1/b12-11-. The maximum absolute atomic E-state index is 11.5. The number of hydrogen-bond acceptors (Lipinski definition) is 3. The molecular weight excluding hydrogens is 350 g/mol. The highest BCUT2D eigenvalue weighted by Gasteiger charge is 2.30. The Balaban J connectivity index is 3.23. The van der Waals surface area contributed by atoms with Gasteiger partial charge in [0, 0.05) is 4.81 Å². The van der Waals surface area contributed by atoms with Crippen molar-refractivity contribution in [2.75, 3.05) is 6.54 Å². The second-order valence-electron chi connectivity index (χ2n) is 8.19. The van der Waals surface area contributed by atoms with E-state index in [1.165, 1.54) is 89.9 Å². The summed E-state index contributed by atoms with van der Waals surface area (Å²) < 4.78 is 0. The van der Waals surface area contributed by atoms with Crippen LogP contribution in [0.4, 0.5) is 0 Å². The van der Waals surface area contributed by atoms with Gasteiger partial charge in [0.25, 0.3) is 0 Å². The molecule has 2 N–H and O–H groups in total. The van der Waals surface area contributed by atoms with Gasteiger partial charge in [-0.05, 0) is 39.0 Å². The largest absolute Gasteiger partial charge is 0.378 e. The maximum atomic E-state index is 11.5. The van der Waals surface area contributed by atoms with Gasteiger partial charge >= 0.3 is 5.91 Å². The molecule has 1 amide bonds. The summed E-state index contributed by atoms with van der Waals surface area (Å²) in [6.45, 7) is 3.86. The summed E-state index contributed by atoms with van der Waals surface area (Å²) in [7, 11) is 0. The van der Waals surface area contributed by atoms with E-state index >= 15 is 0 Å². The highest BCUT2D eigenvalue weighted by Crippen LogP contribution is 2.13. The molecule has 0 unspecified atom stereocenters. The molecule has 166 valence electrons. The van der Waals surface area contributed by atoms with Gasteiger partial charge in [0.2, 0.25) is 0 Å². The molecule has 0 saturated heterocycles. The summed E-state index contributed by atoms with van der Waals surface area (Å²) in [5.74, 6) is -0.497. The van der Waals surface area contributed by atoms with E-state index < -0.39 is 10.7 Å². The van der Waals surface area contributed by atoms with Crippen LogP contribution in [0, 0.1) is 0 Å². The summed E-state index contributed by atoms with van der Waals surface area (Å²) in [6, 6.07) is 0. The van der Waals surface area contributed by atoms with Gasteiger partial charge in [-0.25, -0.2) is 4.79 Å². The third-order valence-electron chi connectivity index (χ3n) is 5.49. The second kappa shape index (κ2) is 19.6. The molecule has 0 aromatic heterocycles. The molecule has 0 bridgehead atoms. The van der Waals surface area contributed by atoms with E-state index in [0.717, 1.165) is 19.3 Å². The molecule has 0 aliphatic carbocycles. The van der Waals surface area contributed by atoms with E-state index in [1.54, 1.807) is 6.92 Å². The third kappa shape index (κ3) is 17.4. The Hall–Kier alpha value is -0.710. The van der Waals surface area contributed by atoms with Crippen LogP contribution in [0.5, 0.6) is 0 Å². The van der Waals surface area contributed by atoms with Crippen molar-refractivity contribution >= 4 is 5.91 Å². The SMILES string of the molecule is CCCCCCCC/C=C\CCCCCCCCCCCC(=O)[N+](O)(O)CC. The van der Waals surface area contributed by atoms with Crippen LogP contribution in [-0.2, 0) is 4.79 Å². The predicted molar refractivity (Wildman–Crippen MR) is 117 cm³/mol. The van der Waals surface area contributed by atoms with Gasteiger partial charge in [-0.1, -0.05) is 96.1 Å². The Morgan fingerprint density at radius 2 is 1.04 bits per heavy atom. The van der Waals surface area contributed by atoms with Crippen molar-refractivity contribution in [3.05, 3.63) is 12.2 Å². The lowest BCUT2D eigenvalue weighted by molar-refractivity contribution is -1.19. The average Bonchev–Trinajstić information content (AvgIpc) is 2.69. The van der Waals surface area contributed by atoms with Crippen molar-refractivity contribution in [3.63, 3.8) is 0 Å². The highest BCUT2D eigenvalue weighted by atomic mass is 16.8. The zero-order chi connectivity index (χ0) is 20.9. The van der Waals surface area contributed by atoms with E-state index in [9.17, 15) is 15.2 Å². The van der Waals surface area contributed by atoms with Gasteiger partial charge in [-0.3, -0.25) is 0 Å². The van der Waals surface area contributed by atoms with Gasteiger partial charge in [0.05, 0.1) is 6.42 Å². The molecule has 0 radical (unpaired) electrons. The number of unbranched alkanes of at least 4 members (excludes halogenated alkanes) is 15. The number of carbonyl (C=O) groups excluding carboxylic acids is 1. The van der Waals surface area contributed by atoms with Gasteiger partial charge in [0.15, 0.2) is 0 Å². The number of carbonyl (C=O) groups is 1. The molecule has 0 aromatic carbocycles. The van der Waals surface area contributed by atoms with E-state index in [1.807, 2.05) is 0 Å². The van der Waals surface area contributed by atoms with Crippen molar-refractivity contribution in [2.45, 2.75) is 129 Å². The number of hydrogen-bond donors (Lipinski definition) is 2. The fourth-order valence-corrected chi connectivity index (χ4v) is 3.41. The summed E-state index contributed by atoms with van der Waals surface area (Å²) in [5.41, 5.74) is 0. The maximum Gasteiger partial charge on any atom is 0.378 e. The molecule has 0 saturated carbocycles. The molecule has 0 aromatic rings. The first kappa shape index (κ1) is 27.3. The smallest absolute Gasteiger partial charge is 0.224 e. The molecule has 0 rings (SSSR count). The highest BCUT2D eigenvalue weighted by molar-refractivity contribution is 5.67. The minimum Gasteiger partial charge on any atom is -0.224 e. The number of nitrogens with zero attached hydrogens (tertiary/aromatic N) is 1. The monoisotopic (exact) mass is 398 g/mol. The molecule has 0 aliphatic rings. The minimum absolute atomic E-state index is 0.00769. The van der Waals surface area contributed by atoms with Crippen LogP contribution in [-0.4, -0.2) is 27.7 Å². The molecule has 28 heavy (non-hydrogen) atoms. The third-order valence-corrected chi connectivity index (χ3v) is 5.49. The van der Waals surface area contributed by atoms with Crippen LogP contribution in [0.25, 0.3) is 0 Å². The Kier molecular flexibility index (Phi) is 19.1. The topological polar surface area (TPSA) is 57.5 Å². The fraction of sp³-hybridized carbons (Fsp3) is 0.875. The number of amides is 1. The van der Waals surface area contributed by atoms with Crippen molar-refractivity contribution in [3.8, 4) is 0 Å². The number of rotatable bonds is 20. The van der Waals surface area contributed by atoms with E-state index in [4.69, 9.17) is 0 Å². The number of quaternary nitrogens is 1. The zero-order valence-electron chi connectivity index (χ0n) is 18.8. The number of hydroxylamine groups is 4. The first-order valence-electron chi connectivity index (χ1n) is 12.1. The normalized spacial score (nSPS) is 12.1. The summed E-state index contributed by atoms with van der Waals surface area (Å²) in [6.07, 6.45) is 26.5. The molecular formula is C24H48NO3+. The first-order valence-corrected chi connectivity index (χ1v) is 12.1. The average molecular weight is 399 g/mol. The minimum atomic E-state index is -1.46. The van der Waals surface area contributed by atoms with Crippen molar-refractivity contribution in [2.24, 2.45) is 0 Å². The summed E-state index contributed by atoms with van der Waals surface area (Å²) in [4.78, 5) is 10.1. The lowest BCUT2D eigenvalue weighted by Gasteiger charge is -2.16. The Morgan fingerprint density at radius 1 is 0.643 bits per heavy atom. The van der Waals surface area contributed by atoms with Crippen LogP contribution in [0.3, 0.4) is 0 Å². The summed E-state index contributed by atoms with van der Waals surface area (Å²) in [5, 5.41) is 18.8. The van der Waals surface area contributed by atoms with Crippen molar-refractivity contribution < 1.29 is 20.0 Å². The molecule has 0 spiro atoms. The van der Waals surface area contributed by atoms with Gasteiger partial charge in [-0.15, -0.1) is 0 Å². The molecule has 4 heteroatoms. The molecule has 4 nitrogen and oxygen atoms in total. The Bertz CT molecular complexity index is 380. The van der Waals surface area contributed by atoms with Crippen LogP contribution in [0.1, 0.15) is 129 Å². The fourth-order valence-electron chi connectivity index (χ4n) is 3.41. The zero-order valence-corrected chi connectivity index (χ0v) is 18.8. The molecule has 0 atom stereocenters. The van der Waals surface area contributed by atoms with Crippen molar-refractivity contribution in [1.82, 2.24) is 0 Å². The van der Waals surface area contributed by atoms with E-state index in [-0.39, 0.29) is 13.0 Å². The number of allylic oxidation sites excluding steroid dienone is 2. The van der Waals surface area contributed by atoms with Crippen LogP contribution in [0.2, 0.25) is 0 Å². The van der Waals surface area contributed by atoms with Gasteiger partial charge in [0.1, 0.15) is 6.54 Å². The van der Waals surface area contributed by atoms with Crippen molar-refractivity contribution in [1.29, 1.82) is 0 Å². The lowest BCUT2D eigenvalue weighted by Crippen LogP contribution is -2.46. The molecule has 0 aliphatic heterocycles. The predicted octanol–water partition coefficient (Wildman–Crippen LogP) is 7.73. The van der Waals surface area contributed by atoms with Crippen LogP contribution >= 0.6 is 0 Å². The van der Waals surface area contributed by atoms with Gasteiger partial charge in [-0.2, -0.15) is 10.4 Å². The Labute approximate surface area is 174 Å². The lowest BCUT2D eigenvalue weighted by atomic mass is 10.1. The Morgan fingerprint density at radius 3 is 1.46 bits per heavy atom. The van der Waals surface area contributed by atoms with Gasteiger partial charge < -0.3 is 0 Å². The van der Waals surface area contributed by atoms with Crippen LogP contribution < -0.4 is 0 Å². The first-order chi connectivity index (χ1) is 13.5. The van der Waals surface area contributed by atoms with E-state index in [0.29, 0.717) is 0 Å². The quantitative estimate of drug-likeness (QED) is 0.0725. The van der Waals surface area contributed by atoms with Crippen LogP contribution in [0.15, 0.2) is 12.2 Å². The molecule has 0 heterocycles. The second-order valence-corrected chi connectivity index (χ2v) is 8.19.